The van der Waals surface area contributed by atoms with E-state index >= 15 is 0 Å². The smallest absolute Gasteiger partial charge is 0.239 e. The summed E-state index contributed by atoms with van der Waals surface area (Å²) in [6.07, 6.45) is 2.02. The SMILES string of the molecule is Cc1cc(NC2CCOCC2)nc(NN)n1. The van der Waals surface area contributed by atoms with E-state index in [0.717, 1.165) is 37.6 Å². The average Bonchev–Trinajstić information content (AvgIpc) is 2.29. The first-order valence-corrected chi connectivity index (χ1v) is 5.44. The van der Waals surface area contributed by atoms with E-state index in [1.165, 1.54) is 0 Å². The first-order valence-electron chi connectivity index (χ1n) is 5.44. The monoisotopic (exact) mass is 223 g/mol. The van der Waals surface area contributed by atoms with Crippen molar-refractivity contribution in [1.29, 1.82) is 0 Å². The number of hydrazine groups is 1. The molecule has 2 rings (SSSR count). The molecule has 0 aliphatic carbocycles. The molecule has 0 atom stereocenters. The van der Waals surface area contributed by atoms with Gasteiger partial charge in [-0.2, -0.15) is 4.98 Å². The third-order valence-corrected chi connectivity index (χ3v) is 2.56. The number of rotatable bonds is 3. The molecule has 0 bridgehead atoms. The van der Waals surface area contributed by atoms with E-state index < -0.39 is 0 Å². The molecule has 0 spiro atoms. The van der Waals surface area contributed by atoms with E-state index in [-0.39, 0.29) is 0 Å². The van der Waals surface area contributed by atoms with Crippen molar-refractivity contribution in [2.75, 3.05) is 24.0 Å². The Labute approximate surface area is 94.6 Å². The second kappa shape index (κ2) is 5.09. The Kier molecular flexibility index (Phi) is 3.53. The minimum Gasteiger partial charge on any atom is -0.381 e. The van der Waals surface area contributed by atoms with E-state index in [1.54, 1.807) is 0 Å². The molecule has 6 heteroatoms. The normalized spacial score (nSPS) is 17.1. The highest BCUT2D eigenvalue weighted by Crippen LogP contribution is 2.15. The molecule has 1 fully saturated rings. The molecule has 1 aliphatic heterocycles. The summed E-state index contributed by atoms with van der Waals surface area (Å²) < 4.78 is 5.30. The van der Waals surface area contributed by atoms with Gasteiger partial charge in [-0.3, -0.25) is 5.43 Å². The van der Waals surface area contributed by atoms with Gasteiger partial charge in [0.25, 0.3) is 0 Å². The number of hydrogen-bond acceptors (Lipinski definition) is 6. The van der Waals surface area contributed by atoms with Crippen LogP contribution in [-0.4, -0.2) is 29.2 Å². The maximum Gasteiger partial charge on any atom is 0.239 e. The van der Waals surface area contributed by atoms with Crippen LogP contribution in [0.3, 0.4) is 0 Å². The van der Waals surface area contributed by atoms with Crippen molar-refractivity contribution in [3.8, 4) is 0 Å². The van der Waals surface area contributed by atoms with Crippen LogP contribution >= 0.6 is 0 Å². The van der Waals surface area contributed by atoms with Crippen molar-refractivity contribution in [2.45, 2.75) is 25.8 Å². The largest absolute Gasteiger partial charge is 0.381 e. The highest BCUT2D eigenvalue weighted by molar-refractivity contribution is 5.42. The van der Waals surface area contributed by atoms with E-state index in [2.05, 4.69) is 20.7 Å². The predicted octanol–water partition coefficient (Wildman–Crippen LogP) is 0.662. The van der Waals surface area contributed by atoms with E-state index in [0.29, 0.717) is 12.0 Å². The standard InChI is InChI=1S/C10H17N5O/c1-7-6-9(14-10(12-7)15-11)13-8-2-4-16-5-3-8/h6,8H,2-5,11H2,1H3,(H2,12,13,14,15). The van der Waals surface area contributed by atoms with Crippen LogP contribution in [0.1, 0.15) is 18.5 Å². The zero-order valence-corrected chi connectivity index (χ0v) is 9.36. The summed E-state index contributed by atoms with van der Waals surface area (Å²) in [6.45, 7) is 3.53. The number of aromatic nitrogens is 2. The molecule has 1 saturated heterocycles. The minimum atomic E-state index is 0.425. The lowest BCUT2D eigenvalue weighted by molar-refractivity contribution is 0.0904. The van der Waals surface area contributed by atoms with Crippen LogP contribution in [-0.2, 0) is 4.74 Å². The van der Waals surface area contributed by atoms with E-state index in [9.17, 15) is 0 Å². The van der Waals surface area contributed by atoms with Crippen molar-refractivity contribution in [2.24, 2.45) is 5.84 Å². The van der Waals surface area contributed by atoms with Gasteiger partial charge in [0.2, 0.25) is 5.95 Å². The van der Waals surface area contributed by atoms with Crippen molar-refractivity contribution < 1.29 is 4.74 Å². The fraction of sp³-hybridized carbons (Fsp3) is 0.600. The molecule has 0 radical (unpaired) electrons. The van der Waals surface area contributed by atoms with Crippen LogP contribution in [0.25, 0.3) is 0 Å². The first-order chi connectivity index (χ1) is 7.78. The molecular weight excluding hydrogens is 206 g/mol. The fourth-order valence-corrected chi connectivity index (χ4v) is 1.76. The van der Waals surface area contributed by atoms with Crippen LogP contribution in [0, 0.1) is 6.92 Å². The number of ether oxygens (including phenoxy) is 1. The van der Waals surface area contributed by atoms with Crippen LogP contribution < -0.4 is 16.6 Å². The quantitative estimate of drug-likeness (QED) is 0.515. The number of aryl methyl sites for hydroxylation is 1. The first kappa shape index (κ1) is 11.1. The molecular formula is C10H17N5O. The summed E-state index contributed by atoms with van der Waals surface area (Å²) in [5, 5.41) is 3.37. The summed E-state index contributed by atoms with van der Waals surface area (Å²) in [5.41, 5.74) is 3.35. The molecule has 0 saturated carbocycles. The number of anilines is 2. The van der Waals surface area contributed by atoms with Crippen molar-refractivity contribution in [3.63, 3.8) is 0 Å². The van der Waals surface area contributed by atoms with E-state index in [4.69, 9.17) is 10.6 Å². The molecule has 4 N–H and O–H groups in total. The molecule has 16 heavy (non-hydrogen) atoms. The molecule has 0 amide bonds. The summed E-state index contributed by atoms with van der Waals surface area (Å²) in [6, 6.07) is 2.34. The number of nitrogen functional groups attached to an aromatic ring is 1. The highest BCUT2D eigenvalue weighted by atomic mass is 16.5. The van der Waals surface area contributed by atoms with Gasteiger partial charge < -0.3 is 10.1 Å². The number of nitrogens with one attached hydrogen (secondary N) is 2. The van der Waals surface area contributed by atoms with Crippen LogP contribution in [0.4, 0.5) is 11.8 Å². The average molecular weight is 223 g/mol. The molecule has 1 aromatic rings. The predicted molar refractivity (Wildman–Crippen MR) is 62.0 cm³/mol. The summed E-state index contributed by atoms with van der Waals surface area (Å²) >= 11 is 0. The second-order valence-electron chi connectivity index (χ2n) is 3.89. The third-order valence-electron chi connectivity index (χ3n) is 2.56. The Morgan fingerprint density at radius 2 is 2.12 bits per heavy atom. The van der Waals surface area contributed by atoms with Crippen LogP contribution in [0.5, 0.6) is 0 Å². The highest BCUT2D eigenvalue weighted by Gasteiger charge is 2.14. The fourth-order valence-electron chi connectivity index (χ4n) is 1.76. The molecule has 88 valence electrons. The lowest BCUT2D eigenvalue weighted by Gasteiger charge is -2.23. The summed E-state index contributed by atoms with van der Waals surface area (Å²) in [7, 11) is 0. The minimum absolute atomic E-state index is 0.425. The Hall–Kier alpha value is -1.40. The Bertz CT molecular complexity index is 351. The third kappa shape index (κ3) is 2.80. The van der Waals surface area contributed by atoms with Gasteiger partial charge in [-0.1, -0.05) is 0 Å². The second-order valence-corrected chi connectivity index (χ2v) is 3.89. The van der Waals surface area contributed by atoms with Gasteiger partial charge in [-0.05, 0) is 19.8 Å². The van der Waals surface area contributed by atoms with Gasteiger partial charge in [0, 0.05) is 31.0 Å². The van der Waals surface area contributed by atoms with Crippen molar-refractivity contribution in [1.82, 2.24) is 9.97 Å². The van der Waals surface area contributed by atoms with Gasteiger partial charge in [0.15, 0.2) is 0 Å². The summed E-state index contributed by atoms with van der Waals surface area (Å²) in [4.78, 5) is 8.38. The van der Waals surface area contributed by atoms with Gasteiger partial charge >= 0.3 is 0 Å². The van der Waals surface area contributed by atoms with Gasteiger partial charge in [0.05, 0.1) is 0 Å². The zero-order valence-electron chi connectivity index (χ0n) is 9.36. The maximum absolute atomic E-state index is 5.30. The lowest BCUT2D eigenvalue weighted by Crippen LogP contribution is -2.28. The number of hydrogen-bond donors (Lipinski definition) is 3. The van der Waals surface area contributed by atoms with Crippen LogP contribution in [0.2, 0.25) is 0 Å². The Morgan fingerprint density at radius 1 is 1.38 bits per heavy atom. The zero-order chi connectivity index (χ0) is 11.4. The maximum atomic E-state index is 5.30. The molecule has 2 heterocycles. The topological polar surface area (TPSA) is 85.1 Å². The molecule has 1 aliphatic rings. The molecule has 6 nitrogen and oxygen atoms in total. The Morgan fingerprint density at radius 3 is 2.81 bits per heavy atom. The molecule has 1 aromatic heterocycles. The van der Waals surface area contributed by atoms with E-state index in [1.807, 2.05) is 13.0 Å². The van der Waals surface area contributed by atoms with Crippen molar-refractivity contribution >= 4 is 11.8 Å². The molecule has 0 aromatic carbocycles. The number of nitrogens with zero attached hydrogens (tertiary/aromatic N) is 2. The van der Waals surface area contributed by atoms with Gasteiger partial charge in [-0.15, -0.1) is 0 Å². The summed E-state index contributed by atoms with van der Waals surface area (Å²) in [5.74, 6) is 6.55. The van der Waals surface area contributed by atoms with Gasteiger partial charge in [-0.25, -0.2) is 10.8 Å². The van der Waals surface area contributed by atoms with Gasteiger partial charge in [0.1, 0.15) is 5.82 Å². The lowest BCUT2D eigenvalue weighted by atomic mass is 10.1. The number of nitrogens with two attached hydrogens (primary N) is 1. The van der Waals surface area contributed by atoms with Crippen LogP contribution in [0.15, 0.2) is 6.07 Å². The molecule has 0 unspecified atom stereocenters. The van der Waals surface area contributed by atoms with Crippen molar-refractivity contribution in [3.05, 3.63) is 11.8 Å². The Balaban J connectivity index is 2.04.